The Bertz CT molecular complexity index is 1290. The van der Waals surface area contributed by atoms with Gasteiger partial charge in [0.05, 0.1) is 11.0 Å². The Kier molecular flexibility index (Phi) is 3.46. The summed E-state index contributed by atoms with van der Waals surface area (Å²) in [6.07, 6.45) is 0. The van der Waals surface area contributed by atoms with Gasteiger partial charge in [-0.15, -0.1) is 0 Å². The van der Waals surface area contributed by atoms with Gasteiger partial charge in [-0.3, -0.25) is 9.20 Å². The molecule has 0 saturated carbocycles. The second-order valence-corrected chi connectivity index (χ2v) is 6.17. The van der Waals surface area contributed by atoms with Gasteiger partial charge in [-0.25, -0.2) is 4.98 Å². The molecule has 0 radical (unpaired) electrons. The molecule has 5 rings (SSSR count). The summed E-state index contributed by atoms with van der Waals surface area (Å²) in [7, 11) is 0. The Hall–Kier alpha value is -2.94. The number of fused-ring (bicyclic) bond motifs is 4. The quantitative estimate of drug-likeness (QED) is 0.390. The van der Waals surface area contributed by atoms with Gasteiger partial charge >= 0.3 is 0 Å². The molecule has 0 atom stereocenters. The summed E-state index contributed by atoms with van der Waals surface area (Å²) in [4.78, 5) is 17.8. The number of aromatic nitrogens is 2. The van der Waals surface area contributed by atoms with Crippen molar-refractivity contribution in [1.82, 2.24) is 9.38 Å². The molecule has 0 bridgehead atoms. The minimum atomic E-state index is 0.0109. The Morgan fingerprint density at radius 1 is 0.800 bits per heavy atom. The molecule has 2 aromatic heterocycles. The molecule has 5 aromatic rings. The van der Waals surface area contributed by atoms with Crippen LogP contribution in [0.4, 0.5) is 0 Å². The van der Waals surface area contributed by atoms with Gasteiger partial charge in [-0.2, -0.15) is 0 Å². The van der Waals surface area contributed by atoms with Gasteiger partial charge in [-0.05, 0) is 48.6 Å². The highest BCUT2D eigenvalue weighted by molar-refractivity contribution is 6.17. The largest absolute Gasteiger partial charge is 0.268 e. The molecule has 3 nitrogen and oxygen atoms in total. The first-order valence-electron chi connectivity index (χ1n) is 8.72. The Balaban J connectivity index is 0.000000758. The van der Waals surface area contributed by atoms with Crippen LogP contribution in [-0.4, -0.2) is 9.38 Å². The maximum absolute atomic E-state index is 13.1. The van der Waals surface area contributed by atoms with Crippen molar-refractivity contribution in [2.75, 3.05) is 0 Å². The maximum Gasteiger partial charge on any atom is 0.264 e. The van der Waals surface area contributed by atoms with E-state index in [9.17, 15) is 4.79 Å². The van der Waals surface area contributed by atoms with Crippen LogP contribution < -0.4 is 5.56 Å². The van der Waals surface area contributed by atoms with E-state index in [-0.39, 0.29) is 5.56 Å². The Morgan fingerprint density at radius 2 is 1.44 bits per heavy atom. The molecule has 0 unspecified atom stereocenters. The zero-order valence-corrected chi connectivity index (χ0v) is 14.9. The van der Waals surface area contributed by atoms with Crippen molar-refractivity contribution in [3.8, 4) is 0 Å². The number of pyridine rings is 1. The summed E-state index contributed by atoms with van der Waals surface area (Å²) in [5, 5.41) is 4.02. The van der Waals surface area contributed by atoms with Gasteiger partial charge in [0.25, 0.3) is 5.56 Å². The lowest BCUT2D eigenvalue weighted by atomic mass is 9.95. The number of hydrogen-bond acceptors (Lipinski definition) is 2. The van der Waals surface area contributed by atoms with E-state index in [1.807, 2.05) is 50.2 Å². The number of para-hydroxylation sites is 2. The van der Waals surface area contributed by atoms with Crippen molar-refractivity contribution < 1.29 is 0 Å². The van der Waals surface area contributed by atoms with E-state index in [4.69, 9.17) is 4.98 Å². The number of benzene rings is 3. The average Bonchev–Trinajstić information content (AvgIpc) is 3.03. The van der Waals surface area contributed by atoms with Crippen molar-refractivity contribution in [2.24, 2.45) is 0 Å². The monoisotopic (exact) mass is 328 g/mol. The molecule has 25 heavy (non-hydrogen) atoms. The zero-order chi connectivity index (χ0) is 17.7. The first-order valence-corrected chi connectivity index (χ1v) is 8.72. The van der Waals surface area contributed by atoms with E-state index in [0.717, 1.165) is 32.8 Å². The van der Waals surface area contributed by atoms with Crippen LogP contribution in [0.25, 0.3) is 38.2 Å². The maximum atomic E-state index is 13.1. The normalized spacial score (nSPS) is 11.4. The van der Waals surface area contributed by atoms with Gasteiger partial charge in [0.1, 0.15) is 5.65 Å². The fourth-order valence-electron chi connectivity index (χ4n) is 3.77. The van der Waals surface area contributed by atoms with E-state index in [0.29, 0.717) is 0 Å². The molecule has 0 N–H and O–H groups in total. The summed E-state index contributed by atoms with van der Waals surface area (Å²) in [5.41, 5.74) is 4.87. The lowest BCUT2D eigenvalue weighted by Crippen LogP contribution is -2.13. The second kappa shape index (κ2) is 5.55. The van der Waals surface area contributed by atoms with E-state index in [2.05, 4.69) is 26.0 Å². The predicted molar refractivity (Wildman–Crippen MR) is 106 cm³/mol. The molecule has 3 heteroatoms. The van der Waals surface area contributed by atoms with Crippen LogP contribution in [0.2, 0.25) is 0 Å². The predicted octanol–water partition coefficient (Wildman–Crippen LogP) is 5.23. The fraction of sp³-hybridized carbons (Fsp3) is 0.182. The van der Waals surface area contributed by atoms with E-state index in [1.54, 1.807) is 4.40 Å². The summed E-state index contributed by atoms with van der Waals surface area (Å²) in [6.45, 7) is 8.19. The topological polar surface area (TPSA) is 34.4 Å². The number of rotatable bonds is 0. The van der Waals surface area contributed by atoms with Crippen LogP contribution in [0, 0.1) is 13.8 Å². The smallest absolute Gasteiger partial charge is 0.264 e. The highest BCUT2D eigenvalue weighted by Crippen LogP contribution is 2.33. The van der Waals surface area contributed by atoms with Crippen LogP contribution >= 0.6 is 0 Å². The van der Waals surface area contributed by atoms with Crippen LogP contribution in [0.1, 0.15) is 25.0 Å². The average molecular weight is 328 g/mol. The number of imidazole rings is 1. The van der Waals surface area contributed by atoms with Gasteiger partial charge in [-0.1, -0.05) is 44.2 Å². The third-order valence-corrected chi connectivity index (χ3v) is 4.81. The highest BCUT2D eigenvalue weighted by atomic mass is 16.1. The van der Waals surface area contributed by atoms with Crippen LogP contribution in [0.3, 0.4) is 0 Å². The molecule has 3 aromatic carbocycles. The molecule has 0 saturated heterocycles. The molecule has 0 aliphatic heterocycles. The van der Waals surface area contributed by atoms with Crippen molar-refractivity contribution in [3.05, 3.63) is 70.0 Å². The van der Waals surface area contributed by atoms with Gasteiger partial charge in [0.2, 0.25) is 0 Å². The first kappa shape index (κ1) is 15.6. The lowest BCUT2D eigenvalue weighted by molar-refractivity contribution is 1.19. The minimum absolute atomic E-state index is 0.0109. The second-order valence-electron chi connectivity index (χ2n) is 6.17. The van der Waals surface area contributed by atoms with Crippen molar-refractivity contribution in [1.29, 1.82) is 0 Å². The summed E-state index contributed by atoms with van der Waals surface area (Å²) < 4.78 is 1.75. The lowest BCUT2D eigenvalue weighted by Gasteiger charge is -2.11. The molecular weight excluding hydrogens is 308 g/mol. The molecule has 0 aliphatic carbocycles. The zero-order valence-electron chi connectivity index (χ0n) is 14.9. The standard InChI is InChI=1S/C20H14N2O.C2H6/c1-11-7-9-13-18-14(10-8-12(2)17(11)18)20(23)22-16-6-4-3-5-15(16)21-19(13)22;1-2/h3-10H,1-2H3;1-2H3. The third-order valence-electron chi connectivity index (χ3n) is 4.81. The van der Waals surface area contributed by atoms with E-state index < -0.39 is 0 Å². The molecule has 124 valence electrons. The minimum Gasteiger partial charge on any atom is -0.268 e. The molecule has 0 amide bonds. The van der Waals surface area contributed by atoms with E-state index >= 15 is 0 Å². The van der Waals surface area contributed by atoms with Crippen molar-refractivity contribution in [3.63, 3.8) is 0 Å². The van der Waals surface area contributed by atoms with Gasteiger partial charge < -0.3 is 0 Å². The first-order chi connectivity index (χ1) is 12.2. The molecule has 0 fully saturated rings. The summed E-state index contributed by atoms with van der Waals surface area (Å²) >= 11 is 0. The van der Waals surface area contributed by atoms with Crippen LogP contribution in [-0.2, 0) is 0 Å². The molecule has 2 heterocycles. The van der Waals surface area contributed by atoms with Crippen molar-refractivity contribution in [2.45, 2.75) is 27.7 Å². The SMILES string of the molecule is CC.Cc1ccc2c(=O)n3c4ccccc4nc3c3ccc(C)c1c23. The Labute approximate surface area is 145 Å². The third kappa shape index (κ3) is 1.99. The molecular formula is C22H20N2O. The van der Waals surface area contributed by atoms with E-state index in [1.165, 1.54) is 16.5 Å². The number of hydrogen-bond donors (Lipinski definition) is 0. The summed E-state index contributed by atoms with van der Waals surface area (Å²) in [6, 6.07) is 16.0. The molecule has 0 aliphatic rings. The Morgan fingerprint density at radius 3 is 2.16 bits per heavy atom. The van der Waals surface area contributed by atoms with Gasteiger partial charge in [0, 0.05) is 16.2 Å². The fourth-order valence-corrected chi connectivity index (χ4v) is 3.77. The summed E-state index contributed by atoms with van der Waals surface area (Å²) in [5.74, 6) is 0. The molecule has 0 spiro atoms. The number of aryl methyl sites for hydroxylation is 2. The van der Waals surface area contributed by atoms with Crippen LogP contribution in [0.15, 0.2) is 53.3 Å². The van der Waals surface area contributed by atoms with Crippen LogP contribution in [0.5, 0.6) is 0 Å². The number of nitrogens with zero attached hydrogens (tertiary/aromatic N) is 2. The van der Waals surface area contributed by atoms with Crippen molar-refractivity contribution >= 4 is 38.2 Å². The highest BCUT2D eigenvalue weighted by Gasteiger charge is 2.17. The van der Waals surface area contributed by atoms with Gasteiger partial charge in [0.15, 0.2) is 0 Å².